The first-order valence-electron chi connectivity index (χ1n) is 8.38. The van der Waals surface area contributed by atoms with Crippen molar-refractivity contribution in [1.29, 1.82) is 0 Å². The van der Waals surface area contributed by atoms with Crippen LogP contribution in [0.1, 0.15) is 17.4 Å². The van der Waals surface area contributed by atoms with Crippen molar-refractivity contribution >= 4 is 34.6 Å². The van der Waals surface area contributed by atoms with Crippen LogP contribution in [-0.4, -0.2) is 39.0 Å². The summed E-state index contributed by atoms with van der Waals surface area (Å²) < 4.78 is 6.80. The van der Waals surface area contributed by atoms with E-state index in [1.54, 1.807) is 26.2 Å². The van der Waals surface area contributed by atoms with E-state index in [0.29, 0.717) is 22.6 Å². The molecule has 1 aromatic heterocycles. The molecule has 0 saturated carbocycles. The number of aryl methyl sites for hydroxylation is 1. The third-order valence-electron chi connectivity index (χ3n) is 4.63. The lowest BCUT2D eigenvalue weighted by Gasteiger charge is -2.44. The number of amides is 2. The zero-order chi connectivity index (χ0) is 19.1. The van der Waals surface area contributed by atoms with E-state index >= 15 is 0 Å². The van der Waals surface area contributed by atoms with Crippen molar-refractivity contribution in [3.8, 4) is 5.75 Å². The molecule has 1 fully saturated rings. The minimum absolute atomic E-state index is 0.372. The lowest BCUT2D eigenvalue weighted by molar-refractivity contribution is -0.149. The van der Waals surface area contributed by atoms with Gasteiger partial charge in [0.1, 0.15) is 23.0 Å². The number of hydrazine groups is 1. The second-order valence-corrected chi connectivity index (χ2v) is 6.67. The van der Waals surface area contributed by atoms with Crippen LogP contribution in [0.5, 0.6) is 5.75 Å². The van der Waals surface area contributed by atoms with Gasteiger partial charge in [0, 0.05) is 5.56 Å². The Bertz CT molecular complexity index is 1050. The summed E-state index contributed by atoms with van der Waals surface area (Å²) in [6.45, 7) is 1.74. The standard InChI is InChI=1S/C19H17ClN4O3/c1-11-21-13-8-4-5-9-14(13)23(11)19(26)22-24-17(16(20)18(24)25)12-7-3-6-10-15(12)27-2/h3-10,16-17H,1-2H3,(H,22,26). The quantitative estimate of drug-likeness (QED) is 0.556. The number of carbonyl (C=O) groups is 2. The molecular weight excluding hydrogens is 368 g/mol. The molecular formula is C19H17ClN4O3. The van der Waals surface area contributed by atoms with Gasteiger partial charge in [-0.2, -0.15) is 0 Å². The van der Waals surface area contributed by atoms with Crippen LogP contribution in [0.2, 0.25) is 0 Å². The SMILES string of the molecule is COc1ccccc1C1C(Cl)C(=O)N1NC(=O)n1c(C)nc2ccccc21. The van der Waals surface area contributed by atoms with Crippen LogP contribution >= 0.6 is 11.6 Å². The van der Waals surface area contributed by atoms with E-state index < -0.39 is 17.5 Å². The summed E-state index contributed by atoms with van der Waals surface area (Å²) in [6, 6.07) is 13.6. The van der Waals surface area contributed by atoms with Crippen molar-refractivity contribution in [3.63, 3.8) is 0 Å². The maximum absolute atomic E-state index is 12.9. The van der Waals surface area contributed by atoms with Gasteiger partial charge in [-0.05, 0) is 25.1 Å². The number of methoxy groups -OCH3 is 1. The van der Waals surface area contributed by atoms with Gasteiger partial charge < -0.3 is 4.74 Å². The van der Waals surface area contributed by atoms with E-state index in [1.165, 1.54) is 9.58 Å². The molecule has 0 radical (unpaired) electrons. The molecule has 2 atom stereocenters. The third-order valence-corrected chi connectivity index (χ3v) is 5.06. The highest BCUT2D eigenvalue weighted by Crippen LogP contribution is 2.41. The van der Waals surface area contributed by atoms with Crippen molar-refractivity contribution in [2.24, 2.45) is 0 Å². The molecule has 2 heterocycles. The van der Waals surface area contributed by atoms with Crippen LogP contribution in [0.25, 0.3) is 11.0 Å². The van der Waals surface area contributed by atoms with E-state index in [4.69, 9.17) is 16.3 Å². The van der Waals surface area contributed by atoms with Crippen molar-refractivity contribution in [1.82, 2.24) is 20.0 Å². The summed E-state index contributed by atoms with van der Waals surface area (Å²) >= 11 is 6.24. The molecule has 8 heteroatoms. The smallest absolute Gasteiger partial charge is 0.346 e. The molecule has 0 aliphatic carbocycles. The molecule has 2 unspecified atom stereocenters. The summed E-state index contributed by atoms with van der Waals surface area (Å²) in [4.78, 5) is 29.6. The van der Waals surface area contributed by atoms with Gasteiger partial charge in [0.2, 0.25) is 0 Å². The van der Waals surface area contributed by atoms with Gasteiger partial charge >= 0.3 is 6.03 Å². The number of alkyl halides is 1. The number of imidazole rings is 1. The molecule has 2 amide bonds. The van der Waals surface area contributed by atoms with Gasteiger partial charge in [-0.15, -0.1) is 11.6 Å². The molecule has 1 aliphatic heterocycles. The van der Waals surface area contributed by atoms with E-state index in [9.17, 15) is 9.59 Å². The number of benzene rings is 2. The Labute approximate surface area is 160 Å². The molecule has 7 nitrogen and oxygen atoms in total. The largest absolute Gasteiger partial charge is 0.496 e. The number of ether oxygens (including phenoxy) is 1. The fourth-order valence-electron chi connectivity index (χ4n) is 3.34. The van der Waals surface area contributed by atoms with Gasteiger partial charge in [-0.1, -0.05) is 30.3 Å². The molecule has 27 heavy (non-hydrogen) atoms. The number of para-hydroxylation sites is 3. The number of fused-ring (bicyclic) bond motifs is 1. The Balaban J connectivity index is 1.65. The number of hydrogen-bond donors (Lipinski definition) is 1. The van der Waals surface area contributed by atoms with Crippen LogP contribution in [-0.2, 0) is 4.79 Å². The number of rotatable bonds is 3. The number of carbonyl (C=O) groups excluding carboxylic acids is 2. The second-order valence-electron chi connectivity index (χ2n) is 6.20. The first-order chi connectivity index (χ1) is 13.0. The first-order valence-corrected chi connectivity index (χ1v) is 8.81. The van der Waals surface area contributed by atoms with Gasteiger partial charge in [-0.25, -0.2) is 24.8 Å². The summed E-state index contributed by atoms with van der Waals surface area (Å²) in [7, 11) is 1.55. The minimum atomic E-state index is -0.776. The Morgan fingerprint density at radius 2 is 1.89 bits per heavy atom. The van der Waals surface area contributed by atoms with Gasteiger partial charge in [0.25, 0.3) is 5.91 Å². The van der Waals surface area contributed by atoms with Gasteiger partial charge in [-0.3, -0.25) is 4.79 Å². The maximum Gasteiger partial charge on any atom is 0.346 e. The molecule has 2 aromatic carbocycles. The highest BCUT2D eigenvalue weighted by Gasteiger charge is 2.49. The summed E-state index contributed by atoms with van der Waals surface area (Å²) in [5, 5.41) is 0.466. The Hall–Kier alpha value is -3.06. The molecule has 0 bridgehead atoms. The zero-order valence-corrected chi connectivity index (χ0v) is 15.5. The van der Waals surface area contributed by atoms with Crippen LogP contribution in [0.15, 0.2) is 48.5 Å². The predicted molar refractivity (Wildman–Crippen MR) is 101 cm³/mol. The molecule has 1 saturated heterocycles. The highest BCUT2D eigenvalue weighted by molar-refractivity contribution is 6.33. The topological polar surface area (TPSA) is 76.5 Å². The van der Waals surface area contributed by atoms with E-state index in [-0.39, 0.29) is 5.91 Å². The average molecular weight is 385 g/mol. The second kappa shape index (κ2) is 6.59. The van der Waals surface area contributed by atoms with E-state index in [0.717, 1.165) is 5.56 Å². The first kappa shape index (κ1) is 17.4. The lowest BCUT2D eigenvalue weighted by Crippen LogP contribution is -2.63. The summed E-state index contributed by atoms with van der Waals surface area (Å²) in [5.41, 5.74) is 4.76. The van der Waals surface area contributed by atoms with Gasteiger partial charge in [0.15, 0.2) is 0 Å². The summed E-state index contributed by atoms with van der Waals surface area (Å²) in [6.07, 6.45) is 0. The van der Waals surface area contributed by atoms with Crippen molar-refractivity contribution < 1.29 is 14.3 Å². The van der Waals surface area contributed by atoms with Crippen LogP contribution in [0.4, 0.5) is 4.79 Å². The Morgan fingerprint density at radius 1 is 1.19 bits per heavy atom. The normalized spacial score (nSPS) is 19.1. The lowest BCUT2D eigenvalue weighted by atomic mass is 9.94. The van der Waals surface area contributed by atoms with Crippen LogP contribution in [0, 0.1) is 6.92 Å². The fraction of sp³-hybridized carbons (Fsp3) is 0.211. The Kier molecular flexibility index (Phi) is 4.24. The number of hydrogen-bond acceptors (Lipinski definition) is 4. The van der Waals surface area contributed by atoms with E-state index in [1.807, 2.05) is 36.4 Å². The highest BCUT2D eigenvalue weighted by atomic mass is 35.5. The summed E-state index contributed by atoms with van der Waals surface area (Å²) in [5.74, 6) is 0.755. The van der Waals surface area contributed by atoms with Crippen LogP contribution in [0.3, 0.4) is 0 Å². The molecule has 4 rings (SSSR count). The molecule has 3 aromatic rings. The fourth-order valence-corrected chi connectivity index (χ4v) is 3.70. The van der Waals surface area contributed by atoms with Crippen molar-refractivity contribution in [2.45, 2.75) is 18.3 Å². The Morgan fingerprint density at radius 3 is 2.67 bits per heavy atom. The molecule has 138 valence electrons. The monoisotopic (exact) mass is 384 g/mol. The maximum atomic E-state index is 12.9. The third kappa shape index (κ3) is 2.71. The molecule has 0 spiro atoms. The zero-order valence-electron chi connectivity index (χ0n) is 14.7. The number of halogens is 1. The molecule has 1 N–H and O–H groups in total. The van der Waals surface area contributed by atoms with Crippen molar-refractivity contribution in [2.75, 3.05) is 7.11 Å². The van der Waals surface area contributed by atoms with Crippen molar-refractivity contribution in [3.05, 3.63) is 59.9 Å². The number of nitrogens with zero attached hydrogens (tertiary/aromatic N) is 3. The number of aromatic nitrogens is 2. The van der Waals surface area contributed by atoms with Crippen LogP contribution < -0.4 is 10.2 Å². The average Bonchev–Trinajstić information content (AvgIpc) is 3.03. The van der Waals surface area contributed by atoms with Gasteiger partial charge in [0.05, 0.1) is 18.1 Å². The van der Waals surface area contributed by atoms with E-state index in [2.05, 4.69) is 10.4 Å². The number of β-lactam (4-membered cyclic amide) rings is 1. The minimum Gasteiger partial charge on any atom is -0.496 e. The molecule has 1 aliphatic rings. The predicted octanol–water partition coefficient (Wildman–Crippen LogP) is 3.02. The number of nitrogens with one attached hydrogen (secondary N) is 1.